The van der Waals surface area contributed by atoms with Crippen molar-refractivity contribution in [3.05, 3.63) is 60.4 Å². The van der Waals surface area contributed by atoms with Crippen molar-refractivity contribution in [1.29, 1.82) is 0 Å². The molecule has 0 radical (unpaired) electrons. The third-order valence-corrected chi connectivity index (χ3v) is 8.85. The first-order valence-electron chi connectivity index (χ1n) is 14.4. The van der Waals surface area contributed by atoms with Crippen LogP contribution in [0.4, 0.5) is 5.69 Å². The lowest BCUT2D eigenvalue weighted by atomic mass is 9.80. The number of aliphatic hydroxyl groups excluding tert-OH is 2. The van der Waals surface area contributed by atoms with Gasteiger partial charge in [-0.3, -0.25) is 14.4 Å². The number of anilines is 1. The van der Waals surface area contributed by atoms with E-state index in [1.54, 1.807) is 6.92 Å². The zero-order valence-corrected chi connectivity index (χ0v) is 25.3. The van der Waals surface area contributed by atoms with Crippen molar-refractivity contribution in [2.24, 2.45) is 0 Å². The van der Waals surface area contributed by atoms with Gasteiger partial charge in [0, 0.05) is 33.8 Å². The summed E-state index contributed by atoms with van der Waals surface area (Å²) >= 11 is 0. The number of aromatic hydroxyl groups is 2. The van der Waals surface area contributed by atoms with Gasteiger partial charge < -0.3 is 35.4 Å². The number of rotatable bonds is 9. The quantitative estimate of drug-likeness (QED) is 0.0735. The minimum atomic E-state index is -0.561. The zero-order chi connectivity index (χ0) is 31.8. The lowest BCUT2D eigenvalue weighted by molar-refractivity contribution is -0.111. The van der Waals surface area contributed by atoms with Crippen LogP contribution in [0.1, 0.15) is 42.5 Å². The van der Waals surface area contributed by atoms with Gasteiger partial charge in [0.25, 0.3) is 0 Å². The van der Waals surface area contributed by atoms with Crippen LogP contribution in [-0.2, 0) is 24.4 Å². The molecular weight excluding hydrogens is 564 g/mol. The van der Waals surface area contributed by atoms with E-state index in [1.807, 2.05) is 19.0 Å². The molecule has 0 saturated heterocycles. The van der Waals surface area contributed by atoms with E-state index < -0.39 is 29.8 Å². The molecule has 0 aromatic heterocycles. The molecule has 0 spiro atoms. The maximum Gasteiger partial charge on any atom is 0.190 e. The van der Waals surface area contributed by atoms with Gasteiger partial charge in [-0.15, -0.1) is 0 Å². The first kappa shape index (κ1) is 29.6. The molecule has 10 nitrogen and oxygen atoms in total. The van der Waals surface area contributed by atoms with Crippen LogP contribution in [-0.4, -0.2) is 65.4 Å². The highest BCUT2D eigenvalue weighted by molar-refractivity contribution is 6.41. The van der Waals surface area contributed by atoms with Crippen LogP contribution in [0.5, 0.6) is 17.2 Å². The van der Waals surface area contributed by atoms with Gasteiger partial charge in [0.05, 0.1) is 36.8 Å². The zero-order valence-electron chi connectivity index (χ0n) is 25.3. The van der Waals surface area contributed by atoms with E-state index in [4.69, 9.17) is 4.74 Å². The Balaban J connectivity index is 2.01. The van der Waals surface area contributed by atoms with Crippen molar-refractivity contribution >= 4 is 60.1 Å². The molecule has 5 aromatic rings. The van der Waals surface area contributed by atoms with Crippen molar-refractivity contribution in [2.75, 3.05) is 39.6 Å². The van der Waals surface area contributed by atoms with Crippen LogP contribution in [0.2, 0.25) is 0 Å². The second kappa shape index (κ2) is 10.6. The number of nitrogens with zero attached hydrogens (tertiary/aromatic N) is 1. The summed E-state index contributed by atoms with van der Waals surface area (Å²) in [6.07, 6.45) is 0.927. The maximum atomic E-state index is 13.7. The number of carbonyl (C=O) groups is 1. The van der Waals surface area contributed by atoms with Crippen LogP contribution < -0.4 is 20.9 Å². The van der Waals surface area contributed by atoms with Crippen molar-refractivity contribution in [3.8, 4) is 17.2 Å². The van der Waals surface area contributed by atoms with Gasteiger partial charge in [0.2, 0.25) is 0 Å². The third-order valence-electron chi connectivity index (χ3n) is 8.85. The third kappa shape index (κ3) is 3.94. The molecule has 1 aliphatic rings. The number of ether oxygens (including phenoxy) is 1. The summed E-state index contributed by atoms with van der Waals surface area (Å²) in [6, 6.07) is 2.48. The molecule has 0 heterocycles. The number of methoxy groups -OCH3 is 1. The first-order valence-corrected chi connectivity index (χ1v) is 14.4. The Morgan fingerprint density at radius 3 is 1.98 bits per heavy atom. The number of phenols is 2. The topological polar surface area (TPSA) is 157 Å². The minimum absolute atomic E-state index is 0.0156. The van der Waals surface area contributed by atoms with Gasteiger partial charge in [-0.25, -0.2) is 0 Å². The van der Waals surface area contributed by atoms with Gasteiger partial charge in [-0.05, 0) is 92.3 Å². The molecule has 5 aromatic carbocycles. The molecule has 0 unspecified atom stereocenters. The highest BCUT2D eigenvalue weighted by Gasteiger charge is 2.35. The predicted molar refractivity (Wildman–Crippen MR) is 172 cm³/mol. The second-order valence-corrected chi connectivity index (χ2v) is 11.8. The van der Waals surface area contributed by atoms with Gasteiger partial charge in [-0.1, -0.05) is 5.57 Å². The number of aliphatic hydroxyl groups is 2. The number of phenolic OH excluding ortho intramolecular Hbond substituents is 2. The molecule has 10 heteroatoms. The molecule has 0 atom stereocenters. The molecule has 0 amide bonds. The fourth-order valence-corrected chi connectivity index (χ4v) is 7.21. The molecule has 0 bridgehead atoms. The number of fused-ring (bicyclic) bond motifs is 1. The summed E-state index contributed by atoms with van der Waals surface area (Å²) in [5, 5.41) is 50.0. The molecule has 6 rings (SSSR count). The van der Waals surface area contributed by atoms with Crippen molar-refractivity contribution in [1.82, 2.24) is 4.90 Å². The molecule has 5 N–H and O–H groups in total. The molecular formula is C34H34N2O8. The second-order valence-electron chi connectivity index (χ2n) is 11.8. The fraction of sp³-hybridized carbons (Fsp3) is 0.324. The lowest BCUT2D eigenvalue weighted by Crippen LogP contribution is -2.17. The number of benzene rings is 5. The minimum Gasteiger partial charge on any atom is -0.505 e. The summed E-state index contributed by atoms with van der Waals surface area (Å²) in [6.45, 7) is 3.36. The summed E-state index contributed by atoms with van der Waals surface area (Å²) < 4.78 is 5.72. The monoisotopic (exact) mass is 598 g/mol. The summed E-state index contributed by atoms with van der Waals surface area (Å²) in [4.78, 5) is 42.8. The summed E-state index contributed by atoms with van der Waals surface area (Å²) in [5.74, 6) is -1.06. The number of hydrogen-bond donors (Lipinski definition) is 5. The highest BCUT2D eigenvalue weighted by Crippen LogP contribution is 2.56. The van der Waals surface area contributed by atoms with E-state index in [1.165, 1.54) is 26.2 Å². The van der Waals surface area contributed by atoms with Crippen molar-refractivity contribution in [2.45, 2.75) is 39.9 Å². The number of carbonyl (C=O) groups excluding carboxylic acids is 1. The Hall–Kier alpha value is -4.51. The number of hydrogen-bond acceptors (Lipinski definition) is 10. The SMILES string of the molecule is COc1c(O)c2c(=O)cc(CO)c3c4c(CO)cc(=O)c5c(O)c(NCCCN(C)C)c6c(c(c1C(C(C)=O)=C(C)C6)c23)c54. The molecule has 0 saturated carbocycles. The van der Waals surface area contributed by atoms with E-state index in [9.17, 15) is 34.8 Å². The molecule has 1 aliphatic carbocycles. The van der Waals surface area contributed by atoms with Crippen LogP contribution >= 0.6 is 0 Å². The number of ketones is 1. The Morgan fingerprint density at radius 1 is 0.886 bits per heavy atom. The number of allylic oxidation sites excluding steroid dienone is 2. The van der Waals surface area contributed by atoms with Crippen LogP contribution in [0.25, 0.3) is 48.7 Å². The first-order chi connectivity index (χ1) is 21.0. The van der Waals surface area contributed by atoms with E-state index in [0.717, 1.165) is 13.0 Å². The standard InChI is InChI=1S/C34H34N2O8/c1-14-9-18-24-27-22(16(12-37)10-19(40)25(27)32(42)31(18)35-7-6-8-36(3)4)23-17(13-38)11-20(41)26-28(23)29(24)30(21(14)15(2)39)34(44-5)33(26)43/h10-11,35,37-38,42-43H,6-9,12-13H2,1-5H3. The molecule has 228 valence electrons. The molecule has 44 heavy (non-hydrogen) atoms. The maximum absolute atomic E-state index is 13.7. The Morgan fingerprint density at radius 2 is 1.45 bits per heavy atom. The van der Waals surface area contributed by atoms with Crippen molar-refractivity contribution in [3.63, 3.8) is 0 Å². The average Bonchev–Trinajstić information content (AvgIpc) is 3.10. The highest BCUT2D eigenvalue weighted by atomic mass is 16.5. The number of nitrogens with one attached hydrogen (secondary N) is 1. The van der Waals surface area contributed by atoms with E-state index in [-0.39, 0.29) is 62.1 Å². The largest absolute Gasteiger partial charge is 0.505 e. The smallest absolute Gasteiger partial charge is 0.190 e. The summed E-state index contributed by atoms with van der Waals surface area (Å²) in [7, 11) is 5.26. The van der Waals surface area contributed by atoms with Crippen LogP contribution in [0.3, 0.4) is 0 Å². The Labute approximate surface area is 252 Å². The van der Waals surface area contributed by atoms with E-state index in [0.29, 0.717) is 50.3 Å². The average molecular weight is 599 g/mol. The Bertz CT molecular complexity index is 2190. The van der Waals surface area contributed by atoms with Crippen molar-refractivity contribution < 1.29 is 30.0 Å². The van der Waals surface area contributed by atoms with Gasteiger partial charge >= 0.3 is 0 Å². The molecule has 0 aliphatic heterocycles. The fourth-order valence-electron chi connectivity index (χ4n) is 7.21. The van der Waals surface area contributed by atoms with E-state index >= 15 is 0 Å². The molecule has 0 fully saturated rings. The van der Waals surface area contributed by atoms with Crippen LogP contribution in [0, 0.1) is 0 Å². The van der Waals surface area contributed by atoms with E-state index in [2.05, 4.69) is 5.32 Å². The Kier molecular flexibility index (Phi) is 7.11. The lowest BCUT2D eigenvalue weighted by Gasteiger charge is -2.25. The normalized spacial score (nSPS) is 13.4. The summed E-state index contributed by atoms with van der Waals surface area (Å²) in [5.41, 5.74) is 1.53. The van der Waals surface area contributed by atoms with Gasteiger partial charge in [0.1, 0.15) is 0 Å². The number of Topliss-reactive ketones (excluding diaryl/α,β-unsaturated/α-hetero) is 1. The van der Waals surface area contributed by atoms with Gasteiger partial charge in [-0.2, -0.15) is 0 Å². The van der Waals surface area contributed by atoms with Gasteiger partial charge in [0.15, 0.2) is 33.9 Å². The predicted octanol–water partition coefficient (Wildman–Crippen LogP) is 3.58. The van der Waals surface area contributed by atoms with Crippen LogP contribution in [0.15, 0.2) is 27.3 Å².